The van der Waals surface area contributed by atoms with Crippen molar-refractivity contribution in [2.24, 2.45) is 0 Å². The van der Waals surface area contributed by atoms with Crippen LogP contribution in [0.2, 0.25) is 0 Å². The summed E-state index contributed by atoms with van der Waals surface area (Å²) in [5.74, 6) is 2.05. The zero-order valence-corrected chi connectivity index (χ0v) is 12.5. The molecule has 106 valence electrons. The third kappa shape index (κ3) is 2.60. The Balaban J connectivity index is 1.73. The fourth-order valence-electron chi connectivity index (χ4n) is 2.62. The number of amides is 1. The molecular formula is C14H18N4OS. The number of hydrogen-bond donors (Lipinski definition) is 1. The topological polar surface area (TPSA) is 61.9 Å². The summed E-state index contributed by atoms with van der Waals surface area (Å²) in [5, 5.41) is 7.12. The van der Waals surface area contributed by atoms with Gasteiger partial charge in [0.05, 0.1) is 4.88 Å². The number of rotatable bonds is 2. The fraction of sp³-hybridized carbons (Fsp3) is 0.500. The highest BCUT2D eigenvalue weighted by Crippen LogP contribution is 2.26. The second-order valence-electron chi connectivity index (χ2n) is 5.28. The zero-order valence-electron chi connectivity index (χ0n) is 11.7. The van der Waals surface area contributed by atoms with Crippen molar-refractivity contribution in [3.05, 3.63) is 33.5 Å². The molecule has 2 aromatic heterocycles. The molecule has 2 aromatic rings. The van der Waals surface area contributed by atoms with Crippen molar-refractivity contribution in [3.63, 3.8) is 0 Å². The van der Waals surface area contributed by atoms with E-state index in [1.165, 1.54) is 4.88 Å². The van der Waals surface area contributed by atoms with Crippen LogP contribution in [0, 0.1) is 13.8 Å². The Hall–Kier alpha value is -1.69. The molecule has 0 bridgehead atoms. The van der Waals surface area contributed by atoms with Gasteiger partial charge in [-0.25, -0.2) is 4.98 Å². The summed E-state index contributed by atoms with van der Waals surface area (Å²) in [6.45, 7) is 5.47. The highest BCUT2D eigenvalue weighted by atomic mass is 32.1. The van der Waals surface area contributed by atoms with E-state index in [4.69, 9.17) is 0 Å². The van der Waals surface area contributed by atoms with Gasteiger partial charge in [0.25, 0.3) is 5.91 Å². The number of nitrogens with zero attached hydrogens (tertiary/aromatic N) is 3. The number of aryl methyl sites for hydroxylation is 2. The van der Waals surface area contributed by atoms with Gasteiger partial charge < -0.3 is 4.90 Å². The predicted molar refractivity (Wildman–Crippen MR) is 78.1 cm³/mol. The minimum atomic E-state index is 0.139. The van der Waals surface area contributed by atoms with Crippen LogP contribution >= 0.6 is 11.3 Å². The van der Waals surface area contributed by atoms with Crippen molar-refractivity contribution < 1.29 is 4.79 Å². The molecule has 0 radical (unpaired) electrons. The summed E-state index contributed by atoms with van der Waals surface area (Å²) in [6.07, 6.45) is 2.05. The lowest BCUT2D eigenvalue weighted by Crippen LogP contribution is -2.39. The van der Waals surface area contributed by atoms with E-state index in [-0.39, 0.29) is 11.8 Å². The molecule has 1 atom stereocenters. The molecule has 0 unspecified atom stereocenters. The number of nitrogens with one attached hydrogen (secondary N) is 1. The SMILES string of the molecule is Cc1nc([C@H]2CCCN(C(=O)c3ccc(C)s3)C2)n[nH]1. The summed E-state index contributed by atoms with van der Waals surface area (Å²) >= 11 is 1.56. The number of likely N-dealkylation sites (tertiary alicyclic amines) is 1. The minimum Gasteiger partial charge on any atom is -0.337 e. The van der Waals surface area contributed by atoms with Crippen LogP contribution < -0.4 is 0 Å². The van der Waals surface area contributed by atoms with Gasteiger partial charge >= 0.3 is 0 Å². The molecule has 0 spiro atoms. The third-order valence-corrected chi connectivity index (χ3v) is 4.63. The van der Waals surface area contributed by atoms with Gasteiger partial charge in [0.2, 0.25) is 0 Å². The van der Waals surface area contributed by atoms with E-state index < -0.39 is 0 Å². The molecule has 1 fully saturated rings. The Morgan fingerprint density at radius 1 is 1.45 bits per heavy atom. The van der Waals surface area contributed by atoms with E-state index >= 15 is 0 Å². The smallest absolute Gasteiger partial charge is 0.263 e. The van der Waals surface area contributed by atoms with E-state index in [1.54, 1.807) is 11.3 Å². The largest absolute Gasteiger partial charge is 0.337 e. The van der Waals surface area contributed by atoms with Crippen LogP contribution in [-0.4, -0.2) is 39.1 Å². The summed E-state index contributed by atoms with van der Waals surface area (Å²) in [7, 11) is 0. The predicted octanol–water partition coefficient (Wildman–Crippen LogP) is 2.50. The third-order valence-electron chi connectivity index (χ3n) is 3.64. The molecule has 3 rings (SSSR count). The first-order valence-electron chi connectivity index (χ1n) is 6.88. The number of carbonyl (C=O) groups is 1. The van der Waals surface area contributed by atoms with Gasteiger partial charge in [-0.15, -0.1) is 11.3 Å². The lowest BCUT2D eigenvalue weighted by atomic mass is 9.97. The lowest BCUT2D eigenvalue weighted by Gasteiger charge is -2.31. The highest BCUT2D eigenvalue weighted by molar-refractivity contribution is 7.13. The van der Waals surface area contributed by atoms with Crippen molar-refractivity contribution in [2.75, 3.05) is 13.1 Å². The van der Waals surface area contributed by atoms with Crippen LogP contribution in [0.1, 0.15) is 45.0 Å². The van der Waals surface area contributed by atoms with E-state index in [2.05, 4.69) is 15.2 Å². The first-order chi connectivity index (χ1) is 9.63. The van der Waals surface area contributed by atoms with Crippen molar-refractivity contribution in [1.82, 2.24) is 20.1 Å². The summed E-state index contributed by atoms with van der Waals surface area (Å²) < 4.78 is 0. The first-order valence-corrected chi connectivity index (χ1v) is 7.70. The average molecular weight is 290 g/mol. The summed E-state index contributed by atoms with van der Waals surface area (Å²) in [5.41, 5.74) is 0. The van der Waals surface area contributed by atoms with Crippen molar-refractivity contribution in [3.8, 4) is 0 Å². The van der Waals surface area contributed by atoms with Gasteiger partial charge in [0.15, 0.2) is 5.82 Å². The van der Waals surface area contributed by atoms with Gasteiger partial charge in [0, 0.05) is 23.9 Å². The number of hydrogen-bond acceptors (Lipinski definition) is 4. The van der Waals surface area contributed by atoms with Crippen molar-refractivity contribution >= 4 is 17.2 Å². The number of carbonyl (C=O) groups excluding carboxylic acids is 1. The Kier molecular flexibility index (Phi) is 3.56. The van der Waals surface area contributed by atoms with Gasteiger partial charge in [-0.3, -0.25) is 9.89 Å². The minimum absolute atomic E-state index is 0.139. The Morgan fingerprint density at radius 3 is 2.95 bits per heavy atom. The maximum Gasteiger partial charge on any atom is 0.263 e. The monoisotopic (exact) mass is 290 g/mol. The standard InChI is InChI=1S/C14H18N4OS/c1-9-5-6-12(20-9)14(19)18-7-3-4-11(8-18)13-15-10(2)16-17-13/h5-6,11H,3-4,7-8H2,1-2H3,(H,15,16,17)/t11-/m0/s1. The van der Waals surface area contributed by atoms with Crippen molar-refractivity contribution in [1.29, 1.82) is 0 Å². The van der Waals surface area contributed by atoms with Crippen LogP contribution in [0.3, 0.4) is 0 Å². The molecule has 0 aromatic carbocycles. The maximum atomic E-state index is 12.5. The first kappa shape index (κ1) is 13.3. The molecule has 6 heteroatoms. The highest BCUT2D eigenvalue weighted by Gasteiger charge is 2.28. The summed E-state index contributed by atoms with van der Waals surface area (Å²) in [6, 6.07) is 3.92. The molecule has 0 saturated carbocycles. The van der Waals surface area contributed by atoms with E-state index in [1.807, 2.05) is 30.9 Å². The van der Waals surface area contributed by atoms with E-state index in [0.717, 1.165) is 35.9 Å². The van der Waals surface area contributed by atoms with Crippen LogP contribution in [-0.2, 0) is 0 Å². The molecule has 1 aliphatic rings. The van der Waals surface area contributed by atoms with E-state index in [0.29, 0.717) is 6.54 Å². The number of piperidine rings is 1. The molecule has 1 aliphatic heterocycles. The summed E-state index contributed by atoms with van der Waals surface area (Å²) in [4.78, 5) is 20.8. The Bertz CT molecular complexity index is 618. The normalized spacial score (nSPS) is 19.3. The number of aromatic amines is 1. The molecule has 5 nitrogen and oxygen atoms in total. The van der Waals surface area contributed by atoms with Gasteiger partial charge in [-0.1, -0.05) is 0 Å². The molecule has 0 aliphatic carbocycles. The van der Waals surface area contributed by atoms with Gasteiger partial charge in [-0.05, 0) is 38.8 Å². The van der Waals surface area contributed by atoms with Crippen LogP contribution in [0.5, 0.6) is 0 Å². The second-order valence-corrected chi connectivity index (χ2v) is 6.57. The van der Waals surface area contributed by atoms with E-state index in [9.17, 15) is 4.79 Å². The Labute approximate surface area is 122 Å². The molecule has 1 saturated heterocycles. The molecule has 20 heavy (non-hydrogen) atoms. The second kappa shape index (κ2) is 5.36. The van der Waals surface area contributed by atoms with Crippen molar-refractivity contribution in [2.45, 2.75) is 32.6 Å². The molecular weight excluding hydrogens is 272 g/mol. The number of aromatic nitrogens is 3. The molecule has 1 N–H and O–H groups in total. The lowest BCUT2D eigenvalue weighted by molar-refractivity contribution is 0.0709. The van der Waals surface area contributed by atoms with Gasteiger partial charge in [0.1, 0.15) is 5.82 Å². The van der Waals surface area contributed by atoms with Crippen LogP contribution in [0.25, 0.3) is 0 Å². The van der Waals surface area contributed by atoms with Gasteiger partial charge in [-0.2, -0.15) is 5.10 Å². The molecule has 1 amide bonds. The zero-order chi connectivity index (χ0) is 14.1. The Morgan fingerprint density at radius 2 is 2.30 bits per heavy atom. The van der Waals surface area contributed by atoms with Crippen LogP contribution in [0.15, 0.2) is 12.1 Å². The average Bonchev–Trinajstić information content (AvgIpc) is 3.07. The number of thiophene rings is 1. The quantitative estimate of drug-likeness (QED) is 0.924. The fourth-order valence-corrected chi connectivity index (χ4v) is 3.46. The maximum absolute atomic E-state index is 12.5. The number of H-pyrrole nitrogens is 1. The van der Waals surface area contributed by atoms with Crippen LogP contribution in [0.4, 0.5) is 0 Å². The molecule has 3 heterocycles.